The molecule has 0 spiro atoms. The lowest BCUT2D eigenvalue weighted by Crippen LogP contribution is -2.45. The van der Waals surface area contributed by atoms with Gasteiger partial charge in [-0.25, -0.2) is 18.4 Å². The normalized spacial score (nSPS) is 12.0. The summed E-state index contributed by atoms with van der Waals surface area (Å²) in [6.07, 6.45) is -2.67. The Morgan fingerprint density at radius 2 is 2.12 bits per heavy atom. The first-order valence-electron chi connectivity index (χ1n) is 4.45. The first-order chi connectivity index (χ1) is 7.40. The Morgan fingerprint density at radius 3 is 2.50 bits per heavy atom. The highest BCUT2D eigenvalue weighted by Gasteiger charge is 2.29. The summed E-state index contributed by atoms with van der Waals surface area (Å²) in [5.41, 5.74) is 0. The molecule has 0 aromatic heterocycles. The maximum Gasteiger partial charge on any atom is 0.411 e. The minimum atomic E-state index is -2.82. The van der Waals surface area contributed by atoms with Crippen LogP contribution in [-0.4, -0.2) is 47.7 Å². The number of nitrogens with zero attached hydrogens (tertiary/aromatic N) is 1. The number of halogens is 2. The Kier molecular flexibility index (Phi) is 6.06. The molecule has 0 heterocycles. The van der Waals surface area contributed by atoms with Gasteiger partial charge in [0.15, 0.2) is 0 Å². The van der Waals surface area contributed by atoms with Crippen molar-refractivity contribution in [2.45, 2.75) is 19.4 Å². The van der Waals surface area contributed by atoms with E-state index < -0.39 is 31.1 Å². The van der Waals surface area contributed by atoms with Crippen molar-refractivity contribution in [2.24, 2.45) is 0 Å². The van der Waals surface area contributed by atoms with Gasteiger partial charge in [0.1, 0.15) is 12.6 Å². The van der Waals surface area contributed by atoms with Gasteiger partial charge >= 0.3 is 12.1 Å². The topological polar surface area (TPSA) is 66.8 Å². The number of carboxylic acids is 1. The molecule has 1 unspecified atom stereocenters. The van der Waals surface area contributed by atoms with E-state index in [9.17, 15) is 18.4 Å². The summed E-state index contributed by atoms with van der Waals surface area (Å²) in [6, 6.07) is -1.37. The van der Waals surface area contributed by atoms with Crippen molar-refractivity contribution in [3.05, 3.63) is 12.7 Å². The average Bonchev–Trinajstić information content (AvgIpc) is 2.21. The number of amides is 1. The van der Waals surface area contributed by atoms with Gasteiger partial charge in [-0.1, -0.05) is 12.7 Å². The molecular formula is C9H13F2NO4. The molecule has 0 radical (unpaired) electrons. The number of hydrogen-bond donors (Lipinski definition) is 1. The molecule has 1 amide bonds. The highest BCUT2D eigenvalue weighted by atomic mass is 19.3. The third-order valence-corrected chi connectivity index (χ3v) is 1.72. The van der Waals surface area contributed by atoms with Gasteiger partial charge in [0.05, 0.1) is 6.54 Å². The van der Waals surface area contributed by atoms with Crippen molar-refractivity contribution in [1.29, 1.82) is 0 Å². The van der Waals surface area contributed by atoms with E-state index in [2.05, 4.69) is 11.3 Å². The van der Waals surface area contributed by atoms with Crippen molar-refractivity contribution < 1.29 is 28.2 Å². The van der Waals surface area contributed by atoms with Gasteiger partial charge in [-0.2, -0.15) is 0 Å². The second-order valence-corrected chi connectivity index (χ2v) is 2.92. The minimum Gasteiger partial charge on any atom is -0.480 e. The van der Waals surface area contributed by atoms with Crippen LogP contribution >= 0.6 is 0 Å². The average molecular weight is 237 g/mol. The van der Waals surface area contributed by atoms with Crippen molar-refractivity contribution in [2.75, 3.05) is 13.2 Å². The lowest BCUT2D eigenvalue weighted by molar-refractivity contribution is -0.142. The summed E-state index contributed by atoms with van der Waals surface area (Å²) in [7, 11) is 0. The molecule has 0 aliphatic carbocycles. The van der Waals surface area contributed by atoms with E-state index >= 15 is 0 Å². The first kappa shape index (κ1) is 14.3. The van der Waals surface area contributed by atoms with Crippen LogP contribution < -0.4 is 0 Å². The predicted molar refractivity (Wildman–Crippen MR) is 51.4 cm³/mol. The second-order valence-electron chi connectivity index (χ2n) is 2.92. The zero-order chi connectivity index (χ0) is 12.7. The first-order valence-corrected chi connectivity index (χ1v) is 4.45. The van der Waals surface area contributed by atoms with E-state index in [1.54, 1.807) is 0 Å². The molecule has 1 N–H and O–H groups in total. The number of alkyl halides is 2. The van der Waals surface area contributed by atoms with Crippen LogP contribution in [0.5, 0.6) is 0 Å². The molecule has 5 nitrogen and oxygen atoms in total. The maximum atomic E-state index is 12.1. The van der Waals surface area contributed by atoms with Crippen LogP contribution in [0.25, 0.3) is 0 Å². The van der Waals surface area contributed by atoms with Gasteiger partial charge in [0.2, 0.25) is 0 Å². The van der Waals surface area contributed by atoms with Gasteiger partial charge in [-0.15, -0.1) is 0 Å². The van der Waals surface area contributed by atoms with Crippen molar-refractivity contribution in [3.8, 4) is 0 Å². The fourth-order valence-corrected chi connectivity index (χ4v) is 0.886. The lowest BCUT2D eigenvalue weighted by Gasteiger charge is -2.24. The number of rotatable bonds is 6. The van der Waals surface area contributed by atoms with E-state index in [1.807, 2.05) is 0 Å². The Hall–Kier alpha value is -1.66. The molecule has 0 aliphatic heterocycles. The molecule has 0 saturated carbocycles. The Morgan fingerprint density at radius 1 is 1.56 bits per heavy atom. The Bertz CT molecular complexity index is 270. The molecule has 16 heavy (non-hydrogen) atoms. The Balaban J connectivity index is 4.58. The molecule has 0 rings (SSSR count). The number of hydrogen-bond acceptors (Lipinski definition) is 3. The van der Waals surface area contributed by atoms with Gasteiger partial charge < -0.3 is 9.84 Å². The van der Waals surface area contributed by atoms with Gasteiger partial charge in [0, 0.05) is 0 Å². The Labute approximate surface area is 91.3 Å². The van der Waals surface area contributed by atoms with Crippen LogP contribution in [0.2, 0.25) is 0 Å². The van der Waals surface area contributed by atoms with Crippen LogP contribution in [0.4, 0.5) is 13.6 Å². The number of carboxylic acid groups (broad SMARTS) is 1. The summed E-state index contributed by atoms with van der Waals surface area (Å²) < 4.78 is 28.8. The lowest BCUT2D eigenvalue weighted by atomic mass is 10.3. The molecular weight excluding hydrogens is 224 g/mol. The summed E-state index contributed by atoms with van der Waals surface area (Å²) in [4.78, 5) is 22.3. The highest BCUT2D eigenvalue weighted by Crippen LogP contribution is 2.07. The van der Waals surface area contributed by atoms with Gasteiger partial charge in [0.25, 0.3) is 6.43 Å². The van der Waals surface area contributed by atoms with Crippen molar-refractivity contribution in [1.82, 2.24) is 4.90 Å². The van der Waals surface area contributed by atoms with E-state index in [4.69, 9.17) is 5.11 Å². The van der Waals surface area contributed by atoms with Crippen LogP contribution in [-0.2, 0) is 9.53 Å². The monoisotopic (exact) mass is 237 g/mol. The van der Waals surface area contributed by atoms with E-state index in [0.717, 1.165) is 6.92 Å². The summed E-state index contributed by atoms with van der Waals surface area (Å²) in [5, 5.41) is 8.63. The number of carbonyl (C=O) groups excluding carboxylic acids is 1. The third kappa shape index (κ3) is 4.72. The quantitative estimate of drug-likeness (QED) is 0.708. The van der Waals surface area contributed by atoms with Crippen molar-refractivity contribution >= 4 is 12.1 Å². The molecule has 7 heteroatoms. The van der Waals surface area contributed by atoms with Crippen LogP contribution in [0.3, 0.4) is 0 Å². The van der Waals surface area contributed by atoms with Crippen LogP contribution in [0.1, 0.15) is 6.92 Å². The molecule has 0 saturated heterocycles. The molecule has 1 atom stereocenters. The SMILES string of the molecule is C=CCOC(=O)N(CC(F)F)C(C)C(=O)O. The molecule has 0 aromatic rings. The van der Waals surface area contributed by atoms with E-state index in [1.165, 1.54) is 6.08 Å². The smallest absolute Gasteiger partial charge is 0.411 e. The molecule has 0 fully saturated rings. The molecule has 0 bridgehead atoms. The van der Waals surface area contributed by atoms with Gasteiger partial charge in [-0.05, 0) is 6.92 Å². The van der Waals surface area contributed by atoms with E-state index in [-0.39, 0.29) is 6.61 Å². The standard InChI is InChI=1S/C9H13F2NO4/c1-3-4-16-9(15)12(5-7(10)11)6(2)8(13)14/h3,6-7H,1,4-5H2,2H3,(H,13,14). The molecule has 0 aliphatic rings. The van der Waals surface area contributed by atoms with Crippen LogP contribution in [0.15, 0.2) is 12.7 Å². The predicted octanol–water partition coefficient (Wildman–Crippen LogP) is 1.35. The summed E-state index contributed by atoms with van der Waals surface area (Å²) in [6.45, 7) is 3.25. The maximum absolute atomic E-state index is 12.1. The molecule has 0 aromatic carbocycles. The zero-order valence-electron chi connectivity index (χ0n) is 8.73. The fourth-order valence-electron chi connectivity index (χ4n) is 0.886. The second kappa shape index (κ2) is 6.76. The summed E-state index contributed by atoms with van der Waals surface area (Å²) in [5.74, 6) is -1.38. The van der Waals surface area contributed by atoms with Crippen molar-refractivity contribution in [3.63, 3.8) is 0 Å². The zero-order valence-corrected chi connectivity index (χ0v) is 8.73. The van der Waals surface area contributed by atoms with E-state index in [0.29, 0.717) is 4.90 Å². The number of aliphatic carboxylic acids is 1. The third-order valence-electron chi connectivity index (χ3n) is 1.72. The number of carbonyl (C=O) groups is 2. The fraction of sp³-hybridized carbons (Fsp3) is 0.556. The van der Waals surface area contributed by atoms with Crippen LogP contribution in [0, 0.1) is 0 Å². The minimum absolute atomic E-state index is 0.162. The largest absolute Gasteiger partial charge is 0.480 e. The number of ether oxygens (including phenoxy) is 1. The summed E-state index contributed by atoms with van der Waals surface area (Å²) >= 11 is 0. The highest BCUT2D eigenvalue weighted by molar-refractivity contribution is 5.79. The van der Waals surface area contributed by atoms with Gasteiger partial charge in [-0.3, -0.25) is 4.90 Å². The molecule has 92 valence electrons.